The molecule has 0 radical (unpaired) electrons. The third kappa shape index (κ3) is 3.68. The Balaban J connectivity index is 1.55. The van der Waals surface area contributed by atoms with Crippen LogP contribution in [-0.4, -0.2) is 39.2 Å². The van der Waals surface area contributed by atoms with Gasteiger partial charge in [0.25, 0.3) is 5.56 Å². The summed E-state index contributed by atoms with van der Waals surface area (Å²) in [5.41, 5.74) is 1.26. The van der Waals surface area contributed by atoms with Gasteiger partial charge in [-0.1, -0.05) is 25.6 Å². The summed E-state index contributed by atoms with van der Waals surface area (Å²) < 4.78 is 1.63. The van der Waals surface area contributed by atoms with Crippen LogP contribution in [0.3, 0.4) is 0 Å². The second-order valence-electron chi connectivity index (χ2n) is 8.18. The molecule has 0 unspecified atom stereocenters. The maximum absolute atomic E-state index is 12.9. The molecule has 1 aliphatic heterocycles. The van der Waals surface area contributed by atoms with Gasteiger partial charge in [0.1, 0.15) is 4.83 Å². The van der Waals surface area contributed by atoms with Gasteiger partial charge in [-0.3, -0.25) is 14.2 Å². The van der Waals surface area contributed by atoms with Crippen LogP contribution < -0.4 is 5.56 Å². The Kier molecular flexibility index (Phi) is 5.34. The molecule has 1 amide bonds. The molecule has 4 rings (SSSR count). The van der Waals surface area contributed by atoms with E-state index in [0.717, 1.165) is 42.6 Å². The highest BCUT2D eigenvalue weighted by Gasteiger charge is 2.26. The van der Waals surface area contributed by atoms with Gasteiger partial charge in [0.15, 0.2) is 5.16 Å². The molecule has 2 atom stereocenters. The zero-order valence-electron chi connectivity index (χ0n) is 16.3. The summed E-state index contributed by atoms with van der Waals surface area (Å²) in [6.07, 6.45) is 5.59. The van der Waals surface area contributed by atoms with Crippen LogP contribution in [0.2, 0.25) is 0 Å². The van der Waals surface area contributed by atoms with Crippen molar-refractivity contribution in [2.45, 2.75) is 51.1 Å². The van der Waals surface area contributed by atoms with Crippen molar-refractivity contribution in [3.05, 3.63) is 20.8 Å². The number of thiophene rings is 1. The van der Waals surface area contributed by atoms with Crippen LogP contribution in [0.5, 0.6) is 0 Å². The van der Waals surface area contributed by atoms with Crippen molar-refractivity contribution in [3.63, 3.8) is 0 Å². The Labute approximate surface area is 168 Å². The molecule has 27 heavy (non-hydrogen) atoms. The number of hydrogen-bond donors (Lipinski definition) is 0. The molecule has 3 heterocycles. The first-order chi connectivity index (χ1) is 12.9. The zero-order chi connectivity index (χ0) is 19.1. The molecule has 0 aromatic carbocycles. The van der Waals surface area contributed by atoms with Crippen molar-refractivity contribution < 1.29 is 4.79 Å². The molecule has 7 heteroatoms. The number of thioether (sulfide) groups is 1. The first kappa shape index (κ1) is 19.0. The number of aromatic nitrogens is 2. The molecular weight excluding hydrogens is 378 g/mol. The zero-order valence-corrected chi connectivity index (χ0v) is 17.9. The molecule has 0 bridgehead atoms. The number of rotatable bonds is 3. The highest BCUT2D eigenvalue weighted by Crippen LogP contribution is 2.34. The minimum atomic E-state index is 0.0366. The summed E-state index contributed by atoms with van der Waals surface area (Å²) >= 11 is 3.06. The van der Waals surface area contributed by atoms with E-state index >= 15 is 0 Å². The van der Waals surface area contributed by atoms with E-state index in [1.54, 1.807) is 23.0 Å². The van der Waals surface area contributed by atoms with E-state index in [1.165, 1.54) is 35.0 Å². The topological polar surface area (TPSA) is 55.2 Å². The predicted octanol–water partition coefficient (Wildman–Crippen LogP) is 3.47. The number of nitrogens with zero attached hydrogens (tertiary/aromatic N) is 3. The molecule has 2 aromatic heterocycles. The Morgan fingerprint density at radius 3 is 2.67 bits per heavy atom. The van der Waals surface area contributed by atoms with E-state index in [4.69, 9.17) is 4.98 Å². The van der Waals surface area contributed by atoms with Crippen molar-refractivity contribution >= 4 is 39.2 Å². The standard InChI is InChI=1S/C20H27N3O2S2/c1-12-8-13(2)10-23(9-12)16(24)11-26-20-21-18-17(19(25)22(20)3)14-6-4-5-7-15(14)27-18/h12-13H,4-11H2,1-3H3/t12-,13-/m0/s1. The SMILES string of the molecule is C[C@H]1C[C@H](C)CN(C(=O)CSc2nc3sc4c(c3c(=O)n2C)CCCC4)C1. The van der Waals surface area contributed by atoms with Crippen LogP contribution in [0.1, 0.15) is 43.6 Å². The second-order valence-corrected chi connectivity index (χ2v) is 10.2. The van der Waals surface area contributed by atoms with Gasteiger partial charge >= 0.3 is 0 Å². The van der Waals surface area contributed by atoms with Crippen LogP contribution in [-0.2, 0) is 24.7 Å². The highest BCUT2D eigenvalue weighted by atomic mass is 32.2. The van der Waals surface area contributed by atoms with Gasteiger partial charge in [-0.05, 0) is 49.5 Å². The number of likely N-dealkylation sites (tertiary alicyclic amines) is 1. The van der Waals surface area contributed by atoms with Gasteiger partial charge < -0.3 is 4.90 Å². The number of carbonyl (C=O) groups is 1. The largest absolute Gasteiger partial charge is 0.341 e. The summed E-state index contributed by atoms with van der Waals surface area (Å²) in [5, 5.41) is 1.46. The Bertz CT molecular complexity index is 923. The smallest absolute Gasteiger partial charge is 0.262 e. The van der Waals surface area contributed by atoms with Crippen molar-refractivity contribution in [1.82, 2.24) is 14.5 Å². The summed E-state index contributed by atoms with van der Waals surface area (Å²) in [7, 11) is 1.78. The van der Waals surface area contributed by atoms with E-state index in [1.807, 2.05) is 4.90 Å². The second kappa shape index (κ2) is 7.59. The third-order valence-corrected chi connectivity index (χ3v) is 7.90. The molecule has 2 aromatic rings. The maximum Gasteiger partial charge on any atom is 0.262 e. The van der Waals surface area contributed by atoms with Crippen LogP contribution in [0.15, 0.2) is 9.95 Å². The molecule has 1 saturated heterocycles. The van der Waals surface area contributed by atoms with Gasteiger partial charge in [0.05, 0.1) is 11.1 Å². The third-order valence-electron chi connectivity index (χ3n) is 5.70. The normalized spacial score (nSPS) is 22.9. The molecule has 0 N–H and O–H groups in total. The fourth-order valence-electron chi connectivity index (χ4n) is 4.48. The average Bonchev–Trinajstić information content (AvgIpc) is 3.00. The molecular formula is C20H27N3O2S2. The van der Waals surface area contributed by atoms with Crippen LogP contribution >= 0.6 is 23.1 Å². The fourth-order valence-corrected chi connectivity index (χ4v) is 6.66. The van der Waals surface area contributed by atoms with E-state index in [9.17, 15) is 9.59 Å². The summed E-state index contributed by atoms with van der Waals surface area (Å²) in [6, 6.07) is 0. The number of hydrogen-bond acceptors (Lipinski definition) is 5. The van der Waals surface area contributed by atoms with Gasteiger partial charge in [-0.25, -0.2) is 4.98 Å². The lowest BCUT2D eigenvalue weighted by molar-refractivity contribution is -0.130. The molecule has 146 valence electrons. The van der Waals surface area contributed by atoms with Gasteiger partial charge in [0, 0.05) is 25.0 Å². The fraction of sp³-hybridized carbons (Fsp3) is 0.650. The van der Waals surface area contributed by atoms with Crippen molar-refractivity contribution in [2.24, 2.45) is 18.9 Å². The Morgan fingerprint density at radius 1 is 1.22 bits per heavy atom. The van der Waals surface area contributed by atoms with E-state index < -0.39 is 0 Å². The van der Waals surface area contributed by atoms with E-state index in [2.05, 4.69) is 13.8 Å². The van der Waals surface area contributed by atoms with Crippen LogP contribution in [0, 0.1) is 11.8 Å². The van der Waals surface area contributed by atoms with E-state index in [-0.39, 0.29) is 11.5 Å². The molecule has 1 aliphatic carbocycles. The van der Waals surface area contributed by atoms with Crippen molar-refractivity contribution in [2.75, 3.05) is 18.8 Å². The van der Waals surface area contributed by atoms with E-state index in [0.29, 0.717) is 22.7 Å². The van der Waals surface area contributed by atoms with Crippen molar-refractivity contribution in [3.8, 4) is 0 Å². The number of aryl methyl sites for hydroxylation is 2. The van der Waals surface area contributed by atoms with Crippen LogP contribution in [0.4, 0.5) is 0 Å². The maximum atomic E-state index is 12.9. The predicted molar refractivity (Wildman–Crippen MR) is 112 cm³/mol. The molecule has 2 aliphatic rings. The molecule has 0 saturated carbocycles. The summed E-state index contributed by atoms with van der Waals surface area (Å²) in [5.74, 6) is 1.60. The number of piperidine rings is 1. The summed E-state index contributed by atoms with van der Waals surface area (Å²) in [4.78, 5) is 34.5. The number of carbonyl (C=O) groups excluding carboxylic acids is 1. The van der Waals surface area contributed by atoms with Gasteiger partial charge in [0.2, 0.25) is 5.91 Å². The first-order valence-electron chi connectivity index (χ1n) is 9.86. The lowest BCUT2D eigenvalue weighted by Crippen LogP contribution is -2.43. The minimum absolute atomic E-state index is 0.0366. The average molecular weight is 406 g/mol. The first-order valence-corrected chi connectivity index (χ1v) is 11.7. The molecule has 0 spiro atoms. The molecule has 5 nitrogen and oxygen atoms in total. The lowest BCUT2D eigenvalue weighted by atomic mass is 9.92. The lowest BCUT2D eigenvalue weighted by Gasteiger charge is -2.35. The van der Waals surface area contributed by atoms with Crippen LogP contribution in [0.25, 0.3) is 10.2 Å². The summed E-state index contributed by atoms with van der Waals surface area (Å²) in [6.45, 7) is 6.10. The minimum Gasteiger partial charge on any atom is -0.341 e. The Morgan fingerprint density at radius 2 is 1.93 bits per heavy atom. The van der Waals surface area contributed by atoms with Gasteiger partial charge in [-0.2, -0.15) is 0 Å². The number of fused-ring (bicyclic) bond motifs is 3. The monoisotopic (exact) mass is 405 g/mol. The van der Waals surface area contributed by atoms with Crippen molar-refractivity contribution in [1.29, 1.82) is 0 Å². The number of amides is 1. The quantitative estimate of drug-likeness (QED) is 0.580. The highest BCUT2D eigenvalue weighted by molar-refractivity contribution is 7.99. The Hall–Kier alpha value is -1.34. The van der Waals surface area contributed by atoms with Gasteiger partial charge in [-0.15, -0.1) is 11.3 Å². The molecule has 1 fully saturated rings.